The number of amides is 1. The van der Waals surface area contributed by atoms with Crippen LogP contribution in [0.1, 0.15) is 21.7 Å². The molecule has 0 fully saturated rings. The molecule has 1 aromatic carbocycles. The number of rotatable bonds is 2. The molecule has 102 valence electrons. The van der Waals surface area contributed by atoms with Crippen LogP contribution in [-0.2, 0) is 0 Å². The fourth-order valence-corrected chi connectivity index (χ4v) is 1.75. The highest BCUT2D eigenvalue weighted by Gasteiger charge is 2.10. The molecule has 0 aliphatic rings. The molecular weight excluding hydrogens is 278 g/mol. The standard InChI is InChI=1S/C14H12ClN3O2/c1-9-7-13(18-20-9)17-14(19)11-5-4-10(3-2-6-16)12(15)8-11/h4-5,7-8H,6,16H2,1H3,(H,17,18,19). The van der Waals surface area contributed by atoms with Gasteiger partial charge in [0.2, 0.25) is 0 Å². The molecule has 0 saturated heterocycles. The maximum atomic E-state index is 12.0. The van der Waals surface area contributed by atoms with Crippen LogP contribution in [0, 0.1) is 18.8 Å². The van der Waals surface area contributed by atoms with Gasteiger partial charge in [-0.25, -0.2) is 0 Å². The summed E-state index contributed by atoms with van der Waals surface area (Å²) in [6, 6.07) is 6.48. The molecule has 0 unspecified atom stereocenters. The number of nitrogens with two attached hydrogens (primary N) is 1. The third-order valence-electron chi connectivity index (χ3n) is 2.43. The van der Waals surface area contributed by atoms with E-state index in [1.807, 2.05) is 0 Å². The van der Waals surface area contributed by atoms with Gasteiger partial charge >= 0.3 is 0 Å². The average Bonchev–Trinajstić information content (AvgIpc) is 2.82. The number of hydrogen-bond donors (Lipinski definition) is 2. The van der Waals surface area contributed by atoms with Crippen LogP contribution in [0.2, 0.25) is 5.02 Å². The number of carbonyl (C=O) groups is 1. The van der Waals surface area contributed by atoms with Crippen LogP contribution in [0.3, 0.4) is 0 Å². The summed E-state index contributed by atoms with van der Waals surface area (Å²) in [5.41, 5.74) is 6.34. The number of nitrogens with one attached hydrogen (secondary N) is 1. The second kappa shape index (κ2) is 6.24. The van der Waals surface area contributed by atoms with Crippen molar-refractivity contribution in [2.45, 2.75) is 6.92 Å². The zero-order valence-corrected chi connectivity index (χ0v) is 11.5. The summed E-state index contributed by atoms with van der Waals surface area (Å²) in [6.07, 6.45) is 0. The first-order valence-electron chi connectivity index (χ1n) is 5.83. The predicted octanol–water partition coefficient (Wildman–Crippen LogP) is 2.20. The van der Waals surface area contributed by atoms with E-state index in [4.69, 9.17) is 21.9 Å². The van der Waals surface area contributed by atoms with Gasteiger partial charge in [0.1, 0.15) is 5.76 Å². The second-order valence-corrected chi connectivity index (χ2v) is 4.38. The molecule has 1 heterocycles. The molecule has 0 aliphatic heterocycles. The zero-order chi connectivity index (χ0) is 14.5. The molecule has 5 nitrogen and oxygen atoms in total. The number of hydrogen-bond acceptors (Lipinski definition) is 4. The lowest BCUT2D eigenvalue weighted by Crippen LogP contribution is -2.12. The largest absolute Gasteiger partial charge is 0.360 e. The van der Waals surface area contributed by atoms with E-state index in [-0.39, 0.29) is 12.5 Å². The topological polar surface area (TPSA) is 81.2 Å². The number of aromatic nitrogens is 1. The molecule has 0 atom stereocenters. The summed E-state index contributed by atoms with van der Waals surface area (Å²) >= 11 is 6.06. The Balaban J connectivity index is 2.16. The van der Waals surface area contributed by atoms with Gasteiger partial charge in [-0.3, -0.25) is 4.79 Å². The summed E-state index contributed by atoms with van der Waals surface area (Å²) in [6.45, 7) is 1.99. The van der Waals surface area contributed by atoms with Gasteiger partial charge in [0.15, 0.2) is 5.82 Å². The number of nitrogens with zero attached hydrogens (tertiary/aromatic N) is 1. The fraction of sp³-hybridized carbons (Fsp3) is 0.143. The van der Waals surface area contributed by atoms with E-state index < -0.39 is 0 Å². The van der Waals surface area contributed by atoms with Crippen LogP contribution >= 0.6 is 11.6 Å². The lowest BCUT2D eigenvalue weighted by Gasteiger charge is -2.03. The molecule has 0 bridgehead atoms. The molecular formula is C14H12ClN3O2. The minimum Gasteiger partial charge on any atom is -0.360 e. The minimum absolute atomic E-state index is 0.254. The van der Waals surface area contributed by atoms with Crippen molar-refractivity contribution in [1.82, 2.24) is 5.16 Å². The molecule has 20 heavy (non-hydrogen) atoms. The quantitative estimate of drug-likeness (QED) is 0.831. The molecule has 0 aliphatic carbocycles. The van der Waals surface area contributed by atoms with Crippen molar-refractivity contribution in [1.29, 1.82) is 0 Å². The highest BCUT2D eigenvalue weighted by Crippen LogP contribution is 2.18. The monoisotopic (exact) mass is 289 g/mol. The highest BCUT2D eigenvalue weighted by atomic mass is 35.5. The van der Waals surface area contributed by atoms with Gasteiger partial charge in [-0.1, -0.05) is 28.6 Å². The van der Waals surface area contributed by atoms with E-state index in [0.29, 0.717) is 27.7 Å². The molecule has 0 saturated carbocycles. The first-order valence-corrected chi connectivity index (χ1v) is 6.21. The Kier molecular flexibility index (Phi) is 4.41. The summed E-state index contributed by atoms with van der Waals surface area (Å²) in [7, 11) is 0. The molecule has 3 N–H and O–H groups in total. The third kappa shape index (κ3) is 3.38. The van der Waals surface area contributed by atoms with Gasteiger partial charge in [0.25, 0.3) is 5.91 Å². The number of aryl methyl sites for hydroxylation is 1. The molecule has 1 aromatic heterocycles. The number of benzene rings is 1. The van der Waals surface area contributed by atoms with E-state index in [1.54, 1.807) is 31.2 Å². The van der Waals surface area contributed by atoms with Crippen molar-refractivity contribution in [3.05, 3.63) is 46.2 Å². The molecule has 1 amide bonds. The van der Waals surface area contributed by atoms with Crippen molar-refractivity contribution in [2.24, 2.45) is 5.73 Å². The molecule has 2 aromatic rings. The van der Waals surface area contributed by atoms with Crippen molar-refractivity contribution in [2.75, 3.05) is 11.9 Å². The Morgan fingerprint density at radius 3 is 2.90 bits per heavy atom. The summed E-state index contributed by atoms with van der Waals surface area (Å²) in [5, 5.41) is 6.69. The van der Waals surface area contributed by atoms with E-state index in [0.717, 1.165) is 0 Å². The van der Waals surface area contributed by atoms with Crippen LogP contribution in [0.5, 0.6) is 0 Å². The van der Waals surface area contributed by atoms with Gasteiger partial charge in [0, 0.05) is 17.2 Å². The van der Waals surface area contributed by atoms with Crippen molar-refractivity contribution >= 4 is 23.3 Å². The summed E-state index contributed by atoms with van der Waals surface area (Å²) in [5.74, 6) is 6.19. The minimum atomic E-state index is -0.321. The van der Waals surface area contributed by atoms with Gasteiger partial charge in [-0.15, -0.1) is 0 Å². The number of anilines is 1. The Morgan fingerprint density at radius 1 is 1.50 bits per heavy atom. The zero-order valence-electron chi connectivity index (χ0n) is 10.7. The van der Waals surface area contributed by atoms with E-state index in [2.05, 4.69) is 22.3 Å². The summed E-state index contributed by atoms with van der Waals surface area (Å²) in [4.78, 5) is 12.0. The Morgan fingerprint density at radius 2 is 2.30 bits per heavy atom. The summed E-state index contributed by atoms with van der Waals surface area (Å²) < 4.78 is 4.87. The first-order chi connectivity index (χ1) is 9.60. The fourth-order valence-electron chi connectivity index (χ4n) is 1.52. The van der Waals surface area contributed by atoms with Crippen LogP contribution in [-0.4, -0.2) is 17.6 Å². The Hall–Kier alpha value is -2.29. The number of halogens is 1. The predicted molar refractivity (Wildman–Crippen MR) is 76.6 cm³/mol. The van der Waals surface area contributed by atoms with Gasteiger partial charge < -0.3 is 15.6 Å². The Labute approximate surface area is 121 Å². The van der Waals surface area contributed by atoms with E-state index >= 15 is 0 Å². The van der Waals surface area contributed by atoms with Gasteiger partial charge in [0.05, 0.1) is 11.6 Å². The maximum absolute atomic E-state index is 12.0. The maximum Gasteiger partial charge on any atom is 0.256 e. The first kappa shape index (κ1) is 14.1. The van der Waals surface area contributed by atoms with E-state index in [9.17, 15) is 4.79 Å². The molecule has 6 heteroatoms. The van der Waals surface area contributed by atoms with Gasteiger partial charge in [-0.2, -0.15) is 0 Å². The van der Waals surface area contributed by atoms with Crippen molar-refractivity contribution in [3.63, 3.8) is 0 Å². The lowest BCUT2D eigenvalue weighted by molar-refractivity contribution is 0.102. The van der Waals surface area contributed by atoms with Crippen LogP contribution in [0.15, 0.2) is 28.8 Å². The normalized spacial score (nSPS) is 9.75. The molecule has 0 radical (unpaired) electrons. The molecule has 0 spiro atoms. The molecule has 2 rings (SSSR count). The third-order valence-corrected chi connectivity index (χ3v) is 2.74. The SMILES string of the molecule is Cc1cc(NC(=O)c2ccc(C#CCN)c(Cl)c2)no1. The Bertz CT molecular complexity index is 698. The average molecular weight is 290 g/mol. The highest BCUT2D eigenvalue weighted by molar-refractivity contribution is 6.32. The van der Waals surface area contributed by atoms with E-state index in [1.165, 1.54) is 0 Å². The van der Waals surface area contributed by atoms with Crippen molar-refractivity contribution < 1.29 is 9.32 Å². The smallest absolute Gasteiger partial charge is 0.256 e. The number of carbonyl (C=O) groups excluding carboxylic acids is 1. The second-order valence-electron chi connectivity index (χ2n) is 3.98. The van der Waals surface area contributed by atoms with Gasteiger partial charge in [-0.05, 0) is 25.1 Å². The van der Waals surface area contributed by atoms with Crippen LogP contribution < -0.4 is 11.1 Å². The van der Waals surface area contributed by atoms with Crippen LogP contribution in [0.25, 0.3) is 0 Å². The lowest BCUT2D eigenvalue weighted by atomic mass is 10.1. The van der Waals surface area contributed by atoms with Crippen molar-refractivity contribution in [3.8, 4) is 11.8 Å². The van der Waals surface area contributed by atoms with Crippen LogP contribution in [0.4, 0.5) is 5.82 Å².